The second-order valence-electron chi connectivity index (χ2n) is 6.57. The number of nitrogens with one attached hydrogen (secondary N) is 1. The number of hydrogen-bond acceptors (Lipinski definition) is 7. The highest BCUT2D eigenvalue weighted by Crippen LogP contribution is 2.41. The lowest BCUT2D eigenvalue weighted by Gasteiger charge is -2.19. The van der Waals surface area contributed by atoms with Crippen molar-refractivity contribution in [3.63, 3.8) is 0 Å². The zero-order chi connectivity index (χ0) is 20.7. The Bertz CT molecular complexity index is 799. The van der Waals surface area contributed by atoms with Crippen LogP contribution in [0.2, 0.25) is 0 Å². The van der Waals surface area contributed by atoms with Crippen molar-refractivity contribution in [2.75, 3.05) is 45.1 Å². The molecule has 0 aromatic carbocycles. The third-order valence-corrected chi connectivity index (χ3v) is 5.05. The maximum absolute atomic E-state index is 5.90. The van der Waals surface area contributed by atoms with Crippen LogP contribution >= 0.6 is 15.9 Å². The molecule has 0 radical (unpaired) electrons. The fourth-order valence-corrected chi connectivity index (χ4v) is 3.67. The lowest BCUT2D eigenvalue weighted by molar-refractivity contribution is 0.294. The Kier molecular flexibility index (Phi) is 8.29. The lowest BCUT2D eigenvalue weighted by atomic mass is 10.1. The summed E-state index contributed by atoms with van der Waals surface area (Å²) < 4.78 is 12.4. The molecule has 2 rings (SSSR count). The average Bonchev–Trinajstić information content (AvgIpc) is 2.70. The molecule has 28 heavy (non-hydrogen) atoms. The molecule has 0 aliphatic carbocycles. The number of rotatable bonds is 10. The Balaban J connectivity index is 2.52. The van der Waals surface area contributed by atoms with Gasteiger partial charge in [0.15, 0.2) is 5.82 Å². The first-order chi connectivity index (χ1) is 13.5. The van der Waals surface area contributed by atoms with Gasteiger partial charge in [-0.05, 0) is 28.8 Å². The molecule has 154 valence electrons. The van der Waals surface area contributed by atoms with Gasteiger partial charge in [0.05, 0.1) is 30.7 Å². The van der Waals surface area contributed by atoms with Gasteiger partial charge in [-0.2, -0.15) is 0 Å². The Hall–Kier alpha value is -2.09. The molecule has 2 heterocycles. The van der Waals surface area contributed by atoms with E-state index in [-0.39, 0.29) is 0 Å². The predicted molar refractivity (Wildman–Crippen MR) is 118 cm³/mol. The van der Waals surface area contributed by atoms with E-state index in [1.807, 2.05) is 26.0 Å². The molecule has 7 nitrogen and oxygen atoms in total. The summed E-state index contributed by atoms with van der Waals surface area (Å²) >= 11 is 3.62. The Morgan fingerprint density at radius 2 is 1.93 bits per heavy atom. The SMILES string of the molecule is CCCCCOc1nc(CC)c(-c2cnc(N(C)C)c(Br)c2OC)nc1NC. The molecule has 8 heteroatoms. The first-order valence-corrected chi connectivity index (χ1v) is 10.4. The van der Waals surface area contributed by atoms with Crippen molar-refractivity contribution in [2.24, 2.45) is 0 Å². The van der Waals surface area contributed by atoms with Gasteiger partial charge >= 0.3 is 0 Å². The summed E-state index contributed by atoms with van der Waals surface area (Å²) in [5.41, 5.74) is 2.37. The van der Waals surface area contributed by atoms with Gasteiger partial charge in [0, 0.05) is 27.3 Å². The van der Waals surface area contributed by atoms with Crippen molar-refractivity contribution in [1.29, 1.82) is 0 Å². The molecule has 0 amide bonds. The van der Waals surface area contributed by atoms with Crippen molar-refractivity contribution in [2.45, 2.75) is 39.5 Å². The summed E-state index contributed by atoms with van der Waals surface area (Å²) in [5.74, 6) is 2.62. The highest BCUT2D eigenvalue weighted by atomic mass is 79.9. The molecular formula is C20H30BrN5O2. The van der Waals surface area contributed by atoms with E-state index in [2.05, 4.69) is 40.1 Å². The van der Waals surface area contributed by atoms with E-state index in [0.29, 0.717) is 30.5 Å². The highest BCUT2D eigenvalue weighted by Gasteiger charge is 2.22. The largest absolute Gasteiger partial charge is 0.495 e. The summed E-state index contributed by atoms with van der Waals surface area (Å²) in [7, 11) is 7.34. The third kappa shape index (κ3) is 4.84. The van der Waals surface area contributed by atoms with Crippen molar-refractivity contribution in [3.8, 4) is 22.9 Å². The molecule has 0 aliphatic rings. The van der Waals surface area contributed by atoms with Crippen LogP contribution in [0.4, 0.5) is 11.6 Å². The minimum absolute atomic E-state index is 0.537. The molecule has 1 N–H and O–H groups in total. The van der Waals surface area contributed by atoms with Gasteiger partial charge in [-0.15, -0.1) is 0 Å². The van der Waals surface area contributed by atoms with Gasteiger partial charge < -0.3 is 19.7 Å². The first-order valence-electron chi connectivity index (χ1n) is 9.59. The zero-order valence-corrected chi connectivity index (χ0v) is 19.2. The van der Waals surface area contributed by atoms with Crippen molar-refractivity contribution in [1.82, 2.24) is 15.0 Å². The fraction of sp³-hybridized carbons (Fsp3) is 0.550. The molecule has 0 fully saturated rings. The quantitative estimate of drug-likeness (QED) is 0.531. The number of halogens is 1. The van der Waals surface area contributed by atoms with Gasteiger partial charge in [0.1, 0.15) is 16.0 Å². The Morgan fingerprint density at radius 1 is 1.18 bits per heavy atom. The maximum Gasteiger partial charge on any atom is 0.257 e. The molecule has 2 aromatic heterocycles. The minimum Gasteiger partial charge on any atom is -0.495 e. The number of aromatic nitrogens is 3. The molecule has 2 aromatic rings. The number of anilines is 2. The van der Waals surface area contributed by atoms with Gasteiger partial charge in [0.2, 0.25) is 0 Å². The summed E-state index contributed by atoms with van der Waals surface area (Å²) in [6, 6.07) is 0. The van der Waals surface area contributed by atoms with Crippen LogP contribution in [0.1, 0.15) is 38.8 Å². The van der Waals surface area contributed by atoms with Crippen LogP contribution in [0, 0.1) is 0 Å². The van der Waals surface area contributed by atoms with E-state index >= 15 is 0 Å². The van der Waals surface area contributed by atoms with E-state index in [0.717, 1.165) is 46.5 Å². The number of nitrogens with zero attached hydrogens (tertiary/aromatic N) is 4. The van der Waals surface area contributed by atoms with Crippen LogP contribution in [0.15, 0.2) is 10.7 Å². The van der Waals surface area contributed by atoms with Gasteiger partial charge in [-0.1, -0.05) is 26.7 Å². The predicted octanol–water partition coefficient (Wildman–Crippen LogP) is 4.55. The monoisotopic (exact) mass is 451 g/mol. The zero-order valence-electron chi connectivity index (χ0n) is 17.6. The molecule has 0 unspecified atom stereocenters. The van der Waals surface area contributed by atoms with Gasteiger partial charge in [-0.25, -0.2) is 15.0 Å². The van der Waals surface area contributed by atoms with E-state index in [4.69, 9.17) is 19.4 Å². The van der Waals surface area contributed by atoms with Crippen LogP contribution in [0.25, 0.3) is 11.3 Å². The second kappa shape index (κ2) is 10.5. The van der Waals surface area contributed by atoms with E-state index in [1.54, 1.807) is 13.3 Å². The molecule has 0 saturated carbocycles. The van der Waals surface area contributed by atoms with Crippen molar-refractivity contribution < 1.29 is 9.47 Å². The lowest BCUT2D eigenvalue weighted by Crippen LogP contribution is -2.13. The number of pyridine rings is 1. The summed E-state index contributed by atoms with van der Waals surface area (Å²) in [6.07, 6.45) is 5.78. The standard InChI is InChI=1S/C20H30BrN5O2/c1-7-9-10-11-28-20-18(22-3)25-16(14(8-2)24-20)13-12-23-19(26(4)5)15(21)17(13)27-6/h12H,7-11H2,1-6H3,(H,22,25). The average molecular weight is 452 g/mol. The summed E-state index contributed by atoms with van der Waals surface area (Å²) in [4.78, 5) is 16.0. The second-order valence-corrected chi connectivity index (χ2v) is 7.36. The number of ether oxygens (including phenoxy) is 2. The van der Waals surface area contributed by atoms with Crippen molar-refractivity contribution in [3.05, 3.63) is 16.4 Å². The molecule has 0 spiro atoms. The van der Waals surface area contributed by atoms with Gasteiger partial charge in [0.25, 0.3) is 5.88 Å². The summed E-state index contributed by atoms with van der Waals surface area (Å²) in [6.45, 7) is 4.86. The van der Waals surface area contributed by atoms with Crippen LogP contribution in [-0.2, 0) is 6.42 Å². The number of unbranched alkanes of at least 4 members (excludes halogenated alkanes) is 2. The molecule has 0 atom stereocenters. The van der Waals surface area contributed by atoms with Crippen LogP contribution < -0.4 is 19.7 Å². The summed E-state index contributed by atoms with van der Waals surface area (Å²) in [5, 5.41) is 3.10. The molecule has 0 aliphatic heterocycles. The number of methoxy groups -OCH3 is 1. The third-order valence-electron chi connectivity index (χ3n) is 4.33. The van der Waals surface area contributed by atoms with Crippen LogP contribution in [0.5, 0.6) is 11.6 Å². The van der Waals surface area contributed by atoms with Crippen molar-refractivity contribution >= 4 is 27.6 Å². The smallest absolute Gasteiger partial charge is 0.257 e. The maximum atomic E-state index is 5.90. The van der Waals surface area contributed by atoms with E-state index in [9.17, 15) is 0 Å². The topological polar surface area (TPSA) is 72.4 Å². The molecule has 0 bridgehead atoms. The minimum atomic E-state index is 0.537. The fourth-order valence-electron chi connectivity index (χ4n) is 2.84. The highest BCUT2D eigenvalue weighted by molar-refractivity contribution is 9.10. The van der Waals surface area contributed by atoms with Crippen LogP contribution in [-0.4, -0.2) is 49.8 Å². The van der Waals surface area contributed by atoms with E-state index < -0.39 is 0 Å². The van der Waals surface area contributed by atoms with Crippen LogP contribution in [0.3, 0.4) is 0 Å². The Labute approximate surface area is 176 Å². The molecular weight excluding hydrogens is 422 g/mol. The first kappa shape index (κ1) is 22.2. The number of hydrogen-bond donors (Lipinski definition) is 1. The normalized spacial score (nSPS) is 10.7. The Morgan fingerprint density at radius 3 is 2.50 bits per heavy atom. The van der Waals surface area contributed by atoms with E-state index in [1.165, 1.54) is 0 Å². The van der Waals surface area contributed by atoms with Gasteiger partial charge in [-0.3, -0.25) is 0 Å². The number of aryl methyl sites for hydroxylation is 1. The molecule has 0 saturated heterocycles.